The first-order chi connectivity index (χ1) is 11.7. The average Bonchev–Trinajstić information content (AvgIpc) is 2.92. The fourth-order valence-corrected chi connectivity index (χ4v) is 4.54. The minimum absolute atomic E-state index is 0.149. The monoisotopic (exact) mass is 357 g/mol. The summed E-state index contributed by atoms with van der Waals surface area (Å²) in [4.78, 5) is 4.62. The summed E-state index contributed by atoms with van der Waals surface area (Å²) in [7, 11) is -1.77. The lowest BCUT2D eigenvalue weighted by Gasteiger charge is -2.39. The van der Waals surface area contributed by atoms with Crippen LogP contribution in [-0.4, -0.2) is 25.5 Å². The number of pyridine rings is 1. The van der Waals surface area contributed by atoms with Crippen LogP contribution in [0, 0.1) is 6.92 Å². The lowest BCUT2D eigenvalue weighted by Crippen LogP contribution is -2.46. The molecular weight excluding hydrogens is 326 g/mol. The van der Waals surface area contributed by atoms with E-state index in [4.69, 9.17) is 9.16 Å². The third-order valence-electron chi connectivity index (χ3n) is 5.73. The predicted molar refractivity (Wildman–Crippen MR) is 107 cm³/mol. The van der Waals surface area contributed by atoms with Crippen LogP contribution in [-0.2, 0) is 4.43 Å². The van der Waals surface area contributed by atoms with E-state index in [-0.39, 0.29) is 17.2 Å². The van der Waals surface area contributed by atoms with Gasteiger partial charge >= 0.3 is 0 Å². The van der Waals surface area contributed by atoms with Crippen molar-refractivity contribution in [2.24, 2.45) is 0 Å². The van der Waals surface area contributed by atoms with Crippen LogP contribution in [0.4, 0.5) is 0 Å². The van der Waals surface area contributed by atoms with Gasteiger partial charge in [-0.15, -0.1) is 0 Å². The van der Waals surface area contributed by atoms with Gasteiger partial charge in [0.25, 0.3) is 0 Å². The van der Waals surface area contributed by atoms with Gasteiger partial charge in [0.2, 0.25) is 0 Å². The van der Waals surface area contributed by atoms with Crippen molar-refractivity contribution in [3.8, 4) is 5.75 Å². The molecule has 0 saturated heterocycles. The molecule has 1 aliphatic rings. The van der Waals surface area contributed by atoms with Crippen molar-refractivity contribution in [1.29, 1.82) is 0 Å². The summed E-state index contributed by atoms with van der Waals surface area (Å²) < 4.78 is 13.0. The van der Waals surface area contributed by atoms with Crippen LogP contribution >= 0.6 is 0 Å². The minimum atomic E-state index is -1.77. The number of ether oxygens (including phenoxy) is 1. The highest BCUT2D eigenvalue weighted by Crippen LogP contribution is 2.40. The van der Waals surface area contributed by atoms with Crippen molar-refractivity contribution in [3.63, 3.8) is 0 Å². The van der Waals surface area contributed by atoms with E-state index in [0.717, 1.165) is 35.2 Å². The molecule has 1 aromatic carbocycles. The summed E-state index contributed by atoms with van der Waals surface area (Å²) in [6.07, 6.45) is 3.70. The smallest absolute Gasteiger partial charge is 0.192 e. The predicted octanol–water partition coefficient (Wildman–Crippen LogP) is 5.86. The maximum Gasteiger partial charge on any atom is 0.192 e. The Hall–Kier alpha value is -1.39. The second-order valence-corrected chi connectivity index (χ2v) is 13.6. The van der Waals surface area contributed by atoms with Gasteiger partial charge in [-0.25, -0.2) is 0 Å². The average molecular weight is 358 g/mol. The SMILES string of the molecule is Cc1ccc2ccc(O[C@@H]3CCC[C@H]3O[Si](C)(C)C(C)(C)C)cc2n1. The Morgan fingerprint density at radius 1 is 1.04 bits per heavy atom. The Balaban J connectivity index is 1.75. The molecule has 0 aliphatic heterocycles. The Morgan fingerprint density at radius 2 is 1.72 bits per heavy atom. The summed E-state index contributed by atoms with van der Waals surface area (Å²) >= 11 is 0. The summed E-state index contributed by atoms with van der Waals surface area (Å²) in [6.45, 7) is 13.5. The maximum absolute atomic E-state index is 6.65. The summed E-state index contributed by atoms with van der Waals surface area (Å²) in [5.41, 5.74) is 2.03. The first kappa shape index (κ1) is 18.4. The van der Waals surface area contributed by atoms with E-state index in [9.17, 15) is 0 Å². The third kappa shape index (κ3) is 4.06. The zero-order valence-corrected chi connectivity index (χ0v) is 17.4. The van der Waals surface area contributed by atoms with Gasteiger partial charge in [0.15, 0.2) is 8.32 Å². The number of nitrogens with zero attached hydrogens (tertiary/aromatic N) is 1. The molecule has 25 heavy (non-hydrogen) atoms. The molecule has 0 bridgehead atoms. The Labute approximate surface area is 152 Å². The number of fused-ring (bicyclic) bond motifs is 1. The number of aromatic nitrogens is 1. The van der Waals surface area contributed by atoms with E-state index in [1.54, 1.807) is 0 Å². The summed E-state index contributed by atoms with van der Waals surface area (Å²) in [5, 5.41) is 1.38. The molecular formula is C21H31NO2Si. The second-order valence-electron chi connectivity index (χ2n) is 8.81. The highest BCUT2D eigenvalue weighted by Gasteiger charge is 2.42. The van der Waals surface area contributed by atoms with Crippen molar-refractivity contribution in [3.05, 3.63) is 36.0 Å². The van der Waals surface area contributed by atoms with Crippen LogP contribution < -0.4 is 4.74 Å². The van der Waals surface area contributed by atoms with Crippen molar-refractivity contribution in [2.75, 3.05) is 0 Å². The van der Waals surface area contributed by atoms with Crippen molar-refractivity contribution in [2.45, 2.75) is 77.3 Å². The molecule has 1 fully saturated rings. The van der Waals surface area contributed by atoms with Gasteiger partial charge in [-0.1, -0.05) is 26.8 Å². The quantitative estimate of drug-likeness (QED) is 0.642. The van der Waals surface area contributed by atoms with Crippen LogP contribution in [0.3, 0.4) is 0 Å². The molecule has 1 heterocycles. The summed E-state index contributed by atoms with van der Waals surface area (Å²) in [6, 6.07) is 10.4. The molecule has 0 amide bonds. The molecule has 1 aromatic heterocycles. The summed E-state index contributed by atoms with van der Waals surface area (Å²) in [5.74, 6) is 0.904. The Bertz CT molecular complexity index is 751. The Kier molecular flexibility index (Phi) is 4.95. The van der Waals surface area contributed by atoms with Gasteiger partial charge in [0, 0.05) is 17.1 Å². The van der Waals surface area contributed by atoms with Gasteiger partial charge in [-0.05, 0) is 62.5 Å². The number of rotatable bonds is 4. The highest BCUT2D eigenvalue weighted by molar-refractivity contribution is 6.74. The van der Waals surface area contributed by atoms with E-state index in [0.29, 0.717) is 0 Å². The zero-order valence-electron chi connectivity index (χ0n) is 16.4. The maximum atomic E-state index is 6.65. The van der Waals surface area contributed by atoms with E-state index in [2.05, 4.69) is 63.1 Å². The van der Waals surface area contributed by atoms with Gasteiger partial charge < -0.3 is 9.16 Å². The fourth-order valence-electron chi connectivity index (χ4n) is 3.16. The van der Waals surface area contributed by atoms with Gasteiger partial charge in [0.1, 0.15) is 11.9 Å². The molecule has 136 valence electrons. The van der Waals surface area contributed by atoms with Crippen molar-refractivity contribution in [1.82, 2.24) is 4.98 Å². The number of aryl methyl sites for hydroxylation is 1. The second kappa shape index (κ2) is 6.73. The molecule has 0 unspecified atom stereocenters. The molecule has 0 spiro atoms. The van der Waals surface area contributed by atoms with E-state index >= 15 is 0 Å². The van der Waals surface area contributed by atoms with Crippen molar-refractivity contribution >= 4 is 19.2 Å². The zero-order chi connectivity index (χ0) is 18.2. The van der Waals surface area contributed by atoms with Gasteiger partial charge in [0.05, 0.1) is 11.6 Å². The molecule has 4 heteroatoms. The van der Waals surface area contributed by atoms with Crippen molar-refractivity contribution < 1.29 is 9.16 Å². The molecule has 2 atom stereocenters. The molecule has 1 saturated carbocycles. The van der Waals surface area contributed by atoms with E-state index in [1.165, 1.54) is 6.42 Å². The van der Waals surface area contributed by atoms with Gasteiger partial charge in [-0.3, -0.25) is 4.98 Å². The molecule has 3 rings (SSSR count). The molecule has 2 aromatic rings. The van der Waals surface area contributed by atoms with Crippen LogP contribution in [0.1, 0.15) is 45.7 Å². The van der Waals surface area contributed by atoms with Crippen LogP contribution in [0.15, 0.2) is 30.3 Å². The van der Waals surface area contributed by atoms with Crippen LogP contribution in [0.5, 0.6) is 5.75 Å². The third-order valence-corrected chi connectivity index (χ3v) is 10.2. The molecule has 1 aliphatic carbocycles. The van der Waals surface area contributed by atoms with Gasteiger partial charge in [-0.2, -0.15) is 0 Å². The molecule has 0 N–H and O–H groups in total. The topological polar surface area (TPSA) is 31.4 Å². The lowest BCUT2D eigenvalue weighted by molar-refractivity contribution is 0.0679. The highest BCUT2D eigenvalue weighted by atomic mass is 28.4. The van der Waals surface area contributed by atoms with Crippen LogP contribution in [0.25, 0.3) is 10.9 Å². The van der Waals surface area contributed by atoms with E-state index in [1.807, 2.05) is 13.0 Å². The first-order valence-corrected chi connectivity index (χ1v) is 12.3. The first-order valence-electron chi connectivity index (χ1n) is 9.38. The largest absolute Gasteiger partial charge is 0.488 e. The minimum Gasteiger partial charge on any atom is -0.488 e. The number of benzene rings is 1. The number of hydrogen-bond acceptors (Lipinski definition) is 3. The van der Waals surface area contributed by atoms with E-state index < -0.39 is 8.32 Å². The molecule has 3 nitrogen and oxygen atoms in total. The normalized spacial score (nSPS) is 21.7. The Morgan fingerprint density at radius 3 is 2.44 bits per heavy atom. The lowest BCUT2D eigenvalue weighted by atomic mass is 10.2. The standard InChI is InChI=1S/C21H31NO2Si/c1-15-10-11-16-12-13-17(14-18(16)22-15)23-19-8-7-9-20(19)24-25(5,6)21(2,3)4/h10-14,19-20H,7-9H2,1-6H3/t19-,20-/m1/s1. The number of hydrogen-bond donors (Lipinski definition) is 0. The fraction of sp³-hybridized carbons (Fsp3) is 0.571. The molecule has 0 radical (unpaired) electrons. The van der Waals surface area contributed by atoms with Crippen LogP contribution in [0.2, 0.25) is 18.1 Å².